The Morgan fingerprint density at radius 1 is 1.39 bits per heavy atom. The molecule has 18 heavy (non-hydrogen) atoms. The first-order chi connectivity index (χ1) is 8.55. The number of ether oxygens (including phenoxy) is 1. The first kappa shape index (κ1) is 11.5. The maximum atomic E-state index is 11.1. The van der Waals surface area contributed by atoms with Crippen molar-refractivity contribution in [2.45, 2.75) is 11.1 Å². The van der Waals surface area contributed by atoms with E-state index in [2.05, 4.69) is 15.2 Å². The zero-order valence-corrected chi connectivity index (χ0v) is 10.6. The lowest BCUT2D eigenvalue weighted by Crippen LogP contribution is -2.05. The average molecular weight is 286 g/mol. The molecular weight excluding hydrogens is 278 g/mol. The van der Waals surface area contributed by atoms with Crippen molar-refractivity contribution >= 4 is 19.7 Å². The molecule has 8 heteroatoms. The van der Waals surface area contributed by atoms with Crippen molar-refractivity contribution in [2.24, 2.45) is 0 Å². The van der Waals surface area contributed by atoms with Crippen LogP contribution in [0.4, 0.5) is 0 Å². The van der Waals surface area contributed by atoms with Gasteiger partial charge in [0.2, 0.25) is 0 Å². The van der Waals surface area contributed by atoms with Crippen LogP contribution in [0.2, 0.25) is 0 Å². The minimum absolute atomic E-state index is 0.152. The third-order valence-corrected chi connectivity index (χ3v) is 3.76. The molecule has 0 saturated heterocycles. The Bertz CT molecular complexity index is 698. The Morgan fingerprint density at radius 2 is 2.17 bits per heavy atom. The monoisotopic (exact) mass is 285 g/mol. The summed E-state index contributed by atoms with van der Waals surface area (Å²) in [5.74, 6) is 1.05. The number of fused-ring (bicyclic) bond motifs is 1. The van der Waals surface area contributed by atoms with Crippen LogP contribution in [-0.4, -0.2) is 30.2 Å². The molecule has 1 unspecified atom stereocenters. The minimum Gasteiger partial charge on any atom is -0.492 e. The van der Waals surface area contributed by atoms with Crippen LogP contribution in [0.15, 0.2) is 29.4 Å². The summed E-state index contributed by atoms with van der Waals surface area (Å²) >= 11 is 0. The highest BCUT2D eigenvalue weighted by Crippen LogP contribution is 2.36. The summed E-state index contributed by atoms with van der Waals surface area (Å²) in [6.07, 6.45) is 0. The van der Waals surface area contributed by atoms with Crippen molar-refractivity contribution in [3.05, 3.63) is 35.7 Å². The van der Waals surface area contributed by atoms with Crippen LogP contribution in [0.1, 0.15) is 17.3 Å². The van der Waals surface area contributed by atoms with Crippen molar-refractivity contribution < 1.29 is 13.2 Å². The smallest absolute Gasteiger partial charge is 0.298 e. The molecule has 1 aliphatic heterocycles. The lowest BCUT2D eigenvalue weighted by atomic mass is 10.0. The van der Waals surface area contributed by atoms with Gasteiger partial charge in [0.15, 0.2) is 0 Å². The van der Waals surface area contributed by atoms with E-state index in [0.717, 1.165) is 11.3 Å². The van der Waals surface area contributed by atoms with Gasteiger partial charge in [-0.2, -0.15) is 0 Å². The Labute approximate surface area is 107 Å². The molecular formula is C10H8ClN3O3S. The largest absolute Gasteiger partial charge is 0.492 e. The van der Waals surface area contributed by atoms with Crippen molar-refractivity contribution in [2.75, 3.05) is 6.61 Å². The fourth-order valence-corrected chi connectivity index (χ4v) is 2.48. The van der Waals surface area contributed by atoms with Gasteiger partial charge in [-0.15, -0.1) is 5.10 Å². The summed E-state index contributed by atoms with van der Waals surface area (Å²) in [5, 5.41) is 5.77. The Balaban J connectivity index is 2.01. The molecule has 0 spiro atoms. The number of hydrogen-bond donors (Lipinski definition) is 1. The second-order valence-corrected chi connectivity index (χ2v) is 6.30. The van der Waals surface area contributed by atoms with Gasteiger partial charge in [-0.1, -0.05) is 18.2 Å². The summed E-state index contributed by atoms with van der Waals surface area (Å²) in [7, 11) is 1.26. The molecule has 2 heterocycles. The van der Waals surface area contributed by atoms with Crippen LogP contribution in [-0.2, 0) is 9.05 Å². The van der Waals surface area contributed by atoms with E-state index >= 15 is 0 Å². The van der Waals surface area contributed by atoms with Gasteiger partial charge in [-0.25, -0.2) is 13.4 Å². The van der Waals surface area contributed by atoms with Gasteiger partial charge in [0.25, 0.3) is 14.2 Å². The van der Waals surface area contributed by atoms with Gasteiger partial charge in [0.05, 0.1) is 5.92 Å². The second kappa shape index (κ2) is 3.96. The van der Waals surface area contributed by atoms with Crippen molar-refractivity contribution in [1.29, 1.82) is 0 Å². The van der Waals surface area contributed by atoms with Crippen LogP contribution in [0.25, 0.3) is 0 Å². The van der Waals surface area contributed by atoms with Crippen molar-refractivity contribution in [3.8, 4) is 5.75 Å². The number of halogens is 1. The number of nitrogens with one attached hydrogen (secondary N) is 1. The third kappa shape index (κ3) is 1.85. The van der Waals surface area contributed by atoms with Gasteiger partial charge < -0.3 is 4.74 Å². The Morgan fingerprint density at radius 3 is 2.89 bits per heavy atom. The normalized spacial score (nSPS) is 18.4. The highest BCUT2D eigenvalue weighted by atomic mass is 35.7. The molecule has 6 nitrogen and oxygen atoms in total. The number of aromatic amines is 1. The standard InChI is InChI=1S/C10H8ClN3O3S/c11-18(15,16)10-12-9(13-14-10)7-5-17-8-4-2-1-3-6(7)8/h1-4,7H,5H2,(H,12,13,14). The number of para-hydroxylation sites is 1. The summed E-state index contributed by atoms with van der Waals surface area (Å²) in [6.45, 7) is 0.399. The van der Waals surface area contributed by atoms with Crippen molar-refractivity contribution in [3.63, 3.8) is 0 Å². The van der Waals surface area contributed by atoms with Crippen LogP contribution in [0.5, 0.6) is 5.75 Å². The maximum absolute atomic E-state index is 11.1. The van der Waals surface area contributed by atoms with Crippen LogP contribution in [0, 0.1) is 0 Å². The molecule has 1 N–H and O–H groups in total. The SMILES string of the molecule is O=S(=O)(Cl)c1n[nH]c(C2COc3ccccc32)n1. The third-order valence-electron chi connectivity index (χ3n) is 2.73. The molecule has 0 aliphatic carbocycles. The Hall–Kier alpha value is -1.60. The van der Waals surface area contributed by atoms with Crippen LogP contribution < -0.4 is 4.74 Å². The molecule has 0 radical (unpaired) electrons. The van der Waals surface area contributed by atoms with Crippen LogP contribution >= 0.6 is 10.7 Å². The highest BCUT2D eigenvalue weighted by molar-refractivity contribution is 8.13. The molecule has 0 saturated carbocycles. The minimum atomic E-state index is -3.91. The number of aromatic nitrogens is 3. The summed E-state index contributed by atoms with van der Waals surface area (Å²) in [6, 6.07) is 7.52. The molecule has 3 rings (SSSR count). The molecule has 0 amide bonds. The Kier molecular flexibility index (Phi) is 2.53. The quantitative estimate of drug-likeness (QED) is 0.840. The maximum Gasteiger partial charge on any atom is 0.298 e. The van der Waals surface area contributed by atoms with Gasteiger partial charge >= 0.3 is 0 Å². The zero-order valence-electron chi connectivity index (χ0n) is 9.00. The summed E-state index contributed by atoms with van der Waals surface area (Å²) in [5.41, 5.74) is 0.951. The van der Waals surface area contributed by atoms with E-state index in [1.54, 1.807) is 0 Å². The molecule has 1 atom stereocenters. The second-order valence-electron chi connectivity index (χ2n) is 3.84. The van der Waals surface area contributed by atoms with E-state index in [-0.39, 0.29) is 5.92 Å². The molecule has 1 aliphatic rings. The van der Waals surface area contributed by atoms with E-state index in [4.69, 9.17) is 15.4 Å². The topological polar surface area (TPSA) is 84.9 Å². The molecule has 0 bridgehead atoms. The number of benzene rings is 1. The lowest BCUT2D eigenvalue weighted by Gasteiger charge is -2.02. The van der Waals surface area contributed by atoms with E-state index in [9.17, 15) is 8.42 Å². The predicted octanol–water partition coefficient (Wildman–Crippen LogP) is 1.26. The first-order valence-electron chi connectivity index (χ1n) is 5.14. The number of hydrogen-bond acceptors (Lipinski definition) is 5. The molecule has 0 fully saturated rings. The number of rotatable bonds is 2. The van der Waals surface area contributed by atoms with Crippen molar-refractivity contribution in [1.82, 2.24) is 15.2 Å². The van der Waals surface area contributed by atoms with Crippen LogP contribution in [0.3, 0.4) is 0 Å². The summed E-state index contributed by atoms with van der Waals surface area (Å²) < 4.78 is 27.7. The number of H-pyrrole nitrogens is 1. The van der Waals surface area contributed by atoms with Gasteiger partial charge in [0, 0.05) is 16.2 Å². The lowest BCUT2D eigenvalue weighted by molar-refractivity contribution is 0.340. The van der Waals surface area contributed by atoms with Gasteiger partial charge in [-0.3, -0.25) is 5.10 Å². The van der Waals surface area contributed by atoms with Gasteiger partial charge in [0.1, 0.15) is 18.2 Å². The molecule has 94 valence electrons. The van der Waals surface area contributed by atoms with E-state index in [1.165, 1.54) is 0 Å². The molecule has 2 aromatic rings. The average Bonchev–Trinajstić information content (AvgIpc) is 2.94. The van der Waals surface area contributed by atoms with Gasteiger partial charge in [-0.05, 0) is 6.07 Å². The number of nitrogens with zero attached hydrogens (tertiary/aromatic N) is 2. The van der Waals surface area contributed by atoms with E-state index in [1.807, 2.05) is 24.3 Å². The summed E-state index contributed by atoms with van der Waals surface area (Å²) in [4.78, 5) is 3.90. The fourth-order valence-electron chi connectivity index (χ4n) is 1.91. The molecule has 1 aromatic carbocycles. The zero-order chi connectivity index (χ0) is 12.8. The van der Waals surface area contributed by atoms with E-state index in [0.29, 0.717) is 12.4 Å². The van der Waals surface area contributed by atoms with E-state index < -0.39 is 14.2 Å². The highest BCUT2D eigenvalue weighted by Gasteiger charge is 2.29. The predicted molar refractivity (Wildman–Crippen MR) is 63.2 cm³/mol. The molecule has 1 aromatic heterocycles. The fraction of sp³-hybridized carbons (Fsp3) is 0.200. The first-order valence-corrected chi connectivity index (χ1v) is 7.45.